The number of rotatable bonds is 4. The topological polar surface area (TPSA) is 77.3 Å². The summed E-state index contributed by atoms with van der Waals surface area (Å²) in [5.41, 5.74) is 2.95. The van der Waals surface area contributed by atoms with Gasteiger partial charge in [0.15, 0.2) is 0 Å². The molecule has 0 fully saturated rings. The Bertz CT molecular complexity index is 906. The van der Waals surface area contributed by atoms with Gasteiger partial charge in [-0.05, 0) is 23.3 Å². The van der Waals surface area contributed by atoms with Crippen LogP contribution in [0.1, 0.15) is 20.7 Å². The Morgan fingerprint density at radius 1 is 0.769 bits per heavy atom. The lowest BCUT2D eigenvalue weighted by Gasteiger charge is -2.01. The predicted octanol–water partition coefficient (Wildman–Crippen LogP) is 5.34. The van der Waals surface area contributed by atoms with Gasteiger partial charge in [0.1, 0.15) is 12.6 Å². The monoisotopic (exact) mass is 411 g/mol. The highest BCUT2D eigenvalue weighted by atomic mass is 79.9. The molecule has 0 atom stereocenters. The van der Waals surface area contributed by atoms with Crippen molar-refractivity contribution < 1.29 is 14.5 Å². The van der Waals surface area contributed by atoms with Crippen LogP contribution >= 0.6 is 15.9 Å². The molecule has 0 heterocycles. The fraction of sp³-hybridized carbons (Fsp3) is 0. The summed E-state index contributed by atoms with van der Waals surface area (Å²) in [5.74, 6) is 0. The minimum atomic E-state index is -0.427. The number of halogens is 1. The van der Waals surface area contributed by atoms with Gasteiger partial charge in [0, 0.05) is 27.7 Å². The average Bonchev–Trinajstić information content (AvgIpc) is 2.69. The maximum absolute atomic E-state index is 10.6. The second kappa shape index (κ2) is 9.39. The quantitative estimate of drug-likeness (QED) is 0.330. The molecular formula is C20H14BrNO4. The van der Waals surface area contributed by atoms with Crippen molar-refractivity contribution in [3.8, 4) is 11.1 Å². The fourth-order valence-electron chi connectivity index (χ4n) is 2.09. The third kappa shape index (κ3) is 5.46. The van der Waals surface area contributed by atoms with Crippen molar-refractivity contribution >= 4 is 34.2 Å². The second-order valence-electron chi connectivity index (χ2n) is 5.22. The van der Waals surface area contributed by atoms with E-state index in [-0.39, 0.29) is 5.69 Å². The van der Waals surface area contributed by atoms with E-state index in [9.17, 15) is 19.7 Å². The minimum absolute atomic E-state index is 0.0574. The smallest absolute Gasteiger partial charge is 0.270 e. The first-order valence-corrected chi connectivity index (χ1v) is 8.33. The molecule has 0 spiro atoms. The molecule has 0 aliphatic heterocycles. The van der Waals surface area contributed by atoms with Crippen LogP contribution in [0.4, 0.5) is 5.69 Å². The number of benzene rings is 3. The van der Waals surface area contributed by atoms with Crippen LogP contribution in [0.5, 0.6) is 0 Å². The molecule has 0 aliphatic rings. The Kier molecular flexibility index (Phi) is 6.93. The summed E-state index contributed by atoms with van der Waals surface area (Å²) in [6.07, 6.45) is 1.59. The maximum atomic E-state index is 10.6. The van der Waals surface area contributed by atoms with E-state index in [1.54, 1.807) is 48.5 Å². The number of non-ortho nitro benzene ring substituents is 1. The zero-order valence-corrected chi connectivity index (χ0v) is 15.1. The van der Waals surface area contributed by atoms with Gasteiger partial charge in [-0.1, -0.05) is 64.5 Å². The Labute approximate surface area is 158 Å². The molecule has 0 aromatic heterocycles. The number of nitro groups is 1. The zero-order chi connectivity index (χ0) is 18.9. The molecule has 6 heteroatoms. The van der Waals surface area contributed by atoms with Crippen molar-refractivity contribution in [1.29, 1.82) is 0 Å². The first-order chi connectivity index (χ1) is 12.5. The van der Waals surface area contributed by atoms with Crippen molar-refractivity contribution in [3.05, 3.63) is 98.5 Å². The van der Waals surface area contributed by atoms with E-state index in [2.05, 4.69) is 15.9 Å². The van der Waals surface area contributed by atoms with Crippen LogP contribution in [-0.4, -0.2) is 17.5 Å². The molecule has 3 rings (SSSR count). The molecule has 0 saturated carbocycles. The van der Waals surface area contributed by atoms with Crippen molar-refractivity contribution in [1.82, 2.24) is 0 Å². The van der Waals surface area contributed by atoms with Crippen LogP contribution in [-0.2, 0) is 0 Å². The van der Waals surface area contributed by atoms with Crippen molar-refractivity contribution in [2.45, 2.75) is 0 Å². The molecule has 0 aliphatic carbocycles. The SMILES string of the molecule is O=Cc1ccc(-c2cccc([N+](=O)[O-])c2)cc1.O=Cc1ccc(Br)cc1. The van der Waals surface area contributed by atoms with Gasteiger partial charge >= 0.3 is 0 Å². The molecule has 3 aromatic carbocycles. The molecule has 130 valence electrons. The normalized spacial score (nSPS) is 9.58. The van der Waals surface area contributed by atoms with E-state index >= 15 is 0 Å². The first-order valence-electron chi connectivity index (χ1n) is 7.54. The van der Waals surface area contributed by atoms with E-state index in [4.69, 9.17) is 0 Å². The van der Waals surface area contributed by atoms with Gasteiger partial charge in [0.25, 0.3) is 5.69 Å². The van der Waals surface area contributed by atoms with Gasteiger partial charge in [-0.3, -0.25) is 19.7 Å². The molecule has 0 bridgehead atoms. The summed E-state index contributed by atoms with van der Waals surface area (Å²) < 4.78 is 0.994. The number of aldehydes is 2. The van der Waals surface area contributed by atoms with Crippen LogP contribution < -0.4 is 0 Å². The highest BCUT2D eigenvalue weighted by Gasteiger charge is 2.06. The van der Waals surface area contributed by atoms with Crippen molar-refractivity contribution in [2.24, 2.45) is 0 Å². The Hall–Kier alpha value is -3.12. The van der Waals surface area contributed by atoms with E-state index in [0.29, 0.717) is 11.1 Å². The Balaban J connectivity index is 0.000000228. The van der Waals surface area contributed by atoms with Gasteiger partial charge in [-0.25, -0.2) is 0 Å². The zero-order valence-electron chi connectivity index (χ0n) is 13.5. The summed E-state index contributed by atoms with van der Waals surface area (Å²) in [7, 11) is 0. The summed E-state index contributed by atoms with van der Waals surface area (Å²) in [4.78, 5) is 30.8. The highest BCUT2D eigenvalue weighted by Crippen LogP contribution is 2.23. The molecule has 5 nitrogen and oxygen atoms in total. The van der Waals surface area contributed by atoms with Crippen LogP contribution in [0.25, 0.3) is 11.1 Å². The first kappa shape index (κ1) is 19.2. The highest BCUT2D eigenvalue weighted by molar-refractivity contribution is 9.10. The molecule has 26 heavy (non-hydrogen) atoms. The van der Waals surface area contributed by atoms with E-state index in [0.717, 1.165) is 28.2 Å². The van der Waals surface area contributed by atoms with Crippen LogP contribution in [0.15, 0.2) is 77.3 Å². The van der Waals surface area contributed by atoms with Gasteiger partial charge in [-0.2, -0.15) is 0 Å². The van der Waals surface area contributed by atoms with E-state index in [1.165, 1.54) is 12.1 Å². The van der Waals surface area contributed by atoms with Gasteiger partial charge in [-0.15, -0.1) is 0 Å². The molecular weight excluding hydrogens is 398 g/mol. The van der Waals surface area contributed by atoms with Crippen molar-refractivity contribution in [3.63, 3.8) is 0 Å². The minimum Gasteiger partial charge on any atom is -0.298 e. The number of carbonyl (C=O) groups excluding carboxylic acids is 2. The summed E-state index contributed by atoms with van der Waals surface area (Å²) >= 11 is 3.26. The number of carbonyl (C=O) groups is 2. The fourth-order valence-corrected chi connectivity index (χ4v) is 2.36. The van der Waals surface area contributed by atoms with Gasteiger partial charge in [0.2, 0.25) is 0 Å². The largest absolute Gasteiger partial charge is 0.298 e. The summed E-state index contributed by atoms with van der Waals surface area (Å²) in [6, 6.07) is 20.5. The van der Waals surface area contributed by atoms with E-state index in [1.807, 2.05) is 12.1 Å². The van der Waals surface area contributed by atoms with Gasteiger partial charge in [0.05, 0.1) is 4.92 Å². The summed E-state index contributed by atoms with van der Waals surface area (Å²) in [6.45, 7) is 0. The predicted molar refractivity (Wildman–Crippen MR) is 103 cm³/mol. The van der Waals surface area contributed by atoms with E-state index < -0.39 is 4.92 Å². The lowest BCUT2D eigenvalue weighted by atomic mass is 10.0. The number of hydrogen-bond acceptors (Lipinski definition) is 4. The van der Waals surface area contributed by atoms with Crippen LogP contribution in [0, 0.1) is 10.1 Å². The lowest BCUT2D eigenvalue weighted by Crippen LogP contribution is -1.88. The molecule has 0 amide bonds. The van der Waals surface area contributed by atoms with Crippen LogP contribution in [0.2, 0.25) is 0 Å². The average molecular weight is 412 g/mol. The standard InChI is InChI=1S/C13H9NO3.C7H5BrO/c15-9-10-4-6-11(7-5-10)12-2-1-3-13(8-12)14(16)17;8-7-3-1-6(5-9)2-4-7/h1-9H;1-5H. The number of nitrogens with zero attached hydrogens (tertiary/aromatic N) is 1. The van der Waals surface area contributed by atoms with Crippen molar-refractivity contribution in [2.75, 3.05) is 0 Å². The number of hydrogen-bond donors (Lipinski definition) is 0. The molecule has 0 saturated heterocycles. The molecule has 0 unspecified atom stereocenters. The van der Waals surface area contributed by atoms with Gasteiger partial charge < -0.3 is 0 Å². The molecule has 3 aromatic rings. The summed E-state index contributed by atoms with van der Waals surface area (Å²) in [5, 5.41) is 10.6. The van der Waals surface area contributed by atoms with Crippen LogP contribution in [0.3, 0.4) is 0 Å². The lowest BCUT2D eigenvalue weighted by molar-refractivity contribution is -0.384. The molecule has 0 radical (unpaired) electrons. The number of nitro benzene ring substituents is 1. The third-order valence-electron chi connectivity index (χ3n) is 3.44. The maximum Gasteiger partial charge on any atom is 0.270 e. The third-order valence-corrected chi connectivity index (χ3v) is 3.97. The Morgan fingerprint density at radius 3 is 1.81 bits per heavy atom. The second-order valence-corrected chi connectivity index (χ2v) is 6.13. The molecule has 0 N–H and O–H groups in total. The Morgan fingerprint density at radius 2 is 1.31 bits per heavy atom.